The third kappa shape index (κ3) is 2.07. The molecule has 2 aromatic rings. The fraction of sp³-hybridized carbons (Fsp3) is 0.250. The summed E-state index contributed by atoms with van der Waals surface area (Å²) in [6.07, 6.45) is 1.69. The van der Waals surface area contributed by atoms with E-state index >= 15 is 0 Å². The zero-order valence-electron chi connectivity index (χ0n) is 7.43. The molecular weight excluding hydrogens is 332 g/mol. The summed E-state index contributed by atoms with van der Waals surface area (Å²) in [4.78, 5) is 7.93. The van der Waals surface area contributed by atoms with E-state index in [2.05, 4.69) is 32.6 Å². The molecule has 15 heavy (non-hydrogen) atoms. The molecule has 2 rings (SSSR count). The number of aliphatic hydroxyl groups excluding tert-OH is 1. The Labute approximate surface area is 104 Å². The second kappa shape index (κ2) is 4.20. The molecular formula is C8H7ClIN3O2. The van der Waals surface area contributed by atoms with Crippen LogP contribution in [0.5, 0.6) is 0 Å². The summed E-state index contributed by atoms with van der Waals surface area (Å²) in [7, 11) is 0. The van der Waals surface area contributed by atoms with Gasteiger partial charge in [-0.05, 0) is 22.6 Å². The molecule has 0 aromatic carbocycles. The largest absolute Gasteiger partial charge is 0.367 e. The van der Waals surface area contributed by atoms with Crippen molar-refractivity contribution >= 4 is 45.2 Å². The monoisotopic (exact) mass is 339 g/mol. The summed E-state index contributed by atoms with van der Waals surface area (Å²) in [6, 6.07) is 0. The molecule has 2 heterocycles. The lowest BCUT2D eigenvalue weighted by Gasteiger charge is -2.05. The van der Waals surface area contributed by atoms with E-state index in [-0.39, 0.29) is 6.54 Å². The first-order valence-corrected chi connectivity index (χ1v) is 5.56. The Bertz CT molecular complexity index is 500. The van der Waals surface area contributed by atoms with E-state index in [4.69, 9.17) is 21.8 Å². The van der Waals surface area contributed by atoms with Crippen LogP contribution in [0.15, 0.2) is 12.5 Å². The molecule has 0 amide bonds. The van der Waals surface area contributed by atoms with Gasteiger partial charge in [0.15, 0.2) is 6.29 Å². The van der Waals surface area contributed by atoms with Crippen molar-refractivity contribution in [3.05, 3.63) is 21.2 Å². The van der Waals surface area contributed by atoms with Crippen molar-refractivity contribution in [1.29, 1.82) is 0 Å². The Kier molecular flexibility index (Phi) is 3.10. The molecule has 0 spiro atoms. The fourth-order valence-electron chi connectivity index (χ4n) is 1.36. The summed E-state index contributed by atoms with van der Waals surface area (Å²) in [5.74, 6) is 0. The van der Waals surface area contributed by atoms with Gasteiger partial charge in [0.2, 0.25) is 0 Å². The van der Waals surface area contributed by atoms with Crippen molar-refractivity contribution in [2.75, 3.05) is 0 Å². The minimum Gasteiger partial charge on any atom is -0.367 e. The van der Waals surface area contributed by atoms with Crippen LogP contribution in [-0.2, 0) is 6.54 Å². The number of nitrogens with zero attached hydrogens (tertiary/aromatic N) is 3. The lowest BCUT2D eigenvalue weighted by molar-refractivity contribution is -0.0505. The summed E-state index contributed by atoms with van der Waals surface area (Å²) < 4.78 is 2.52. The van der Waals surface area contributed by atoms with Gasteiger partial charge in [0.05, 0.1) is 11.9 Å². The molecule has 0 aliphatic carbocycles. The zero-order chi connectivity index (χ0) is 11.0. The fourth-order valence-corrected chi connectivity index (χ4v) is 2.58. The number of halogens is 2. The van der Waals surface area contributed by atoms with Crippen LogP contribution in [0.1, 0.15) is 0 Å². The smallest absolute Gasteiger partial charge is 0.169 e. The van der Waals surface area contributed by atoms with E-state index in [0.717, 1.165) is 8.96 Å². The Hall–Kier alpha value is -0.440. The van der Waals surface area contributed by atoms with Crippen molar-refractivity contribution in [3.63, 3.8) is 0 Å². The number of fused-ring (bicyclic) bond motifs is 1. The van der Waals surface area contributed by atoms with Crippen LogP contribution in [-0.4, -0.2) is 31.0 Å². The zero-order valence-corrected chi connectivity index (χ0v) is 10.3. The molecule has 0 atom stereocenters. The van der Waals surface area contributed by atoms with Crippen LogP contribution in [0.25, 0.3) is 11.0 Å². The minimum atomic E-state index is -1.41. The Balaban J connectivity index is 2.63. The topological polar surface area (TPSA) is 71.2 Å². The van der Waals surface area contributed by atoms with Crippen molar-refractivity contribution < 1.29 is 10.2 Å². The molecule has 0 radical (unpaired) electrons. The van der Waals surface area contributed by atoms with E-state index in [1.807, 2.05) is 0 Å². The molecule has 0 unspecified atom stereocenters. The average Bonchev–Trinajstić information content (AvgIpc) is 2.44. The Morgan fingerprint density at radius 3 is 2.87 bits per heavy atom. The van der Waals surface area contributed by atoms with Gasteiger partial charge in [0.25, 0.3) is 0 Å². The molecule has 0 fully saturated rings. The highest BCUT2D eigenvalue weighted by molar-refractivity contribution is 14.1. The quantitative estimate of drug-likeness (QED) is 0.486. The molecule has 80 valence electrons. The Morgan fingerprint density at radius 1 is 1.47 bits per heavy atom. The average molecular weight is 340 g/mol. The van der Waals surface area contributed by atoms with Crippen molar-refractivity contribution in [2.45, 2.75) is 12.8 Å². The predicted octanol–water partition coefficient (Wildman–Crippen LogP) is 1.000. The number of hydrogen-bond acceptors (Lipinski definition) is 4. The highest BCUT2D eigenvalue weighted by atomic mass is 127. The summed E-state index contributed by atoms with van der Waals surface area (Å²) in [5.41, 5.74) is 0.604. The highest BCUT2D eigenvalue weighted by Gasteiger charge is 2.13. The summed E-state index contributed by atoms with van der Waals surface area (Å²) in [6.45, 7) is 0.0623. The molecule has 0 aliphatic heterocycles. The molecule has 0 saturated heterocycles. The van der Waals surface area contributed by atoms with Gasteiger partial charge in [-0.1, -0.05) is 11.6 Å². The lowest BCUT2D eigenvalue weighted by Crippen LogP contribution is -2.14. The highest BCUT2D eigenvalue weighted by Crippen LogP contribution is 2.26. The maximum absolute atomic E-state index is 8.90. The molecule has 2 N–H and O–H groups in total. The van der Waals surface area contributed by atoms with Gasteiger partial charge in [0, 0.05) is 9.77 Å². The second-order valence-electron chi connectivity index (χ2n) is 2.97. The minimum absolute atomic E-state index is 0.0623. The van der Waals surface area contributed by atoms with Crippen LogP contribution < -0.4 is 0 Å². The summed E-state index contributed by atoms with van der Waals surface area (Å²) in [5, 5.41) is 18.9. The van der Waals surface area contributed by atoms with Gasteiger partial charge in [-0.3, -0.25) is 0 Å². The standard InChI is InChI=1S/C8H7ClIN3O2/c9-7-6-4(10)1-13(2-5(14)15)8(6)12-3-11-7/h1,3,5,14-15H,2H2. The molecule has 0 saturated carbocycles. The number of aromatic nitrogens is 3. The predicted molar refractivity (Wildman–Crippen MR) is 63.5 cm³/mol. The first kappa shape index (κ1) is 11.1. The van der Waals surface area contributed by atoms with Crippen LogP contribution in [0, 0.1) is 3.57 Å². The van der Waals surface area contributed by atoms with Gasteiger partial charge < -0.3 is 14.8 Å². The first-order valence-electron chi connectivity index (χ1n) is 4.10. The van der Waals surface area contributed by atoms with Gasteiger partial charge >= 0.3 is 0 Å². The maximum Gasteiger partial charge on any atom is 0.169 e. The van der Waals surface area contributed by atoms with Crippen LogP contribution in [0.4, 0.5) is 0 Å². The molecule has 7 heteroatoms. The van der Waals surface area contributed by atoms with Crippen LogP contribution >= 0.6 is 34.2 Å². The van der Waals surface area contributed by atoms with E-state index in [9.17, 15) is 0 Å². The van der Waals surface area contributed by atoms with E-state index < -0.39 is 6.29 Å². The maximum atomic E-state index is 8.90. The number of hydrogen-bond donors (Lipinski definition) is 2. The third-order valence-electron chi connectivity index (χ3n) is 1.92. The molecule has 2 aromatic heterocycles. The molecule has 0 bridgehead atoms. The molecule has 0 aliphatic rings. The molecule has 5 nitrogen and oxygen atoms in total. The van der Waals surface area contributed by atoms with E-state index in [0.29, 0.717) is 10.8 Å². The SMILES string of the molecule is OC(O)Cn1cc(I)c2c(Cl)ncnc21. The van der Waals surface area contributed by atoms with Crippen LogP contribution in [0.3, 0.4) is 0 Å². The summed E-state index contributed by atoms with van der Waals surface area (Å²) >= 11 is 8.02. The number of aliphatic hydroxyl groups is 2. The first-order chi connectivity index (χ1) is 7.09. The van der Waals surface area contributed by atoms with Gasteiger partial charge in [-0.25, -0.2) is 9.97 Å². The van der Waals surface area contributed by atoms with Crippen molar-refractivity contribution in [2.24, 2.45) is 0 Å². The van der Waals surface area contributed by atoms with Gasteiger partial charge in [-0.2, -0.15) is 0 Å². The normalized spacial score (nSPS) is 11.5. The Morgan fingerprint density at radius 2 is 2.20 bits per heavy atom. The lowest BCUT2D eigenvalue weighted by atomic mass is 10.4. The van der Waals surface area contributed by atoms with E-state index in [1.165, 1.54) is 6.33 Å². The van der Waals surface area contributed by atoms with Gasteiger partial charge in [-0.15, -0.1) is 0 Å². The van der Waals surface area contributed by atoms with Gasteiger partial charge in [0.1, 0.15) is 17.1 Å². The van der Waals surface area contributed by atoms with Crippen molar-refractivity contribution in [3.8, 4) is 0 Å². The third-order valence-corrected chi connectivity index (χ3v) is 3.03. The van der Waals surface area contributed by atoms with E-state index in [1.54, 1.807) is 10.8 Å². The second-order valence-corrected chi connectivity index (χ2v) is 4.49. The van der Waals surface area contributed by atoms with Crippen LogP contribution in [0.2, 0.25) is 5.15 Å². The number of rotatable bonds is 2. The van der Waals surface area contributed by atoms with Crippen molar-refractivity contribution in [1.82, 2.24) is 14.5 Å².